The van der Waals surface area contributed by atoms with E-state index in [2.05, 4.69) is 4.74 Å². The van der Waals surface area contributed by atoms with E-state index < -0.39 is 29.7 Å². The van der Waals surface area contributed by atoms with Gasteiger partial charge in [0.2, 0.25) is 0 Å². The standard InChI is InChI=1S/C14H7F7O/c15-12-7-9(13(16,17)18)4-5-11(12)8-2-1-3-10(6-8)22-14(19,20)21/h1-7H. The average molecular weight is 324 g/mol. The first-order valence-electron chi connectivity index (χ1n) is 5.79. The zero-order chi connectivity index (χ0) is 16.5. The molecule has 0 saturated heterocycles. The minimum absolute atomic E-state index is 0.0343. The predicted molar refractivity (Wildman–Crippen MR) is 63.5 cm³/mol. The largest absolute Gasteiger partial charge is 0.573 e. The zero-order valence-corrected chi connectivity index (χ0v) is 10.6. The molecule has 0 bridgehead atoms. The molecule has 0 fully saturated rings. The van der Waals surface area contributed by atoms with Crippen molar-refractivity contribution in [2.75, 3.05) is 0 Å². The van der Waals surface area contributed by atoms with Crippen LogP contribution in [0.3, 0.4) is 0 Å². The van der Waals surface area contributed by atoms with E-state index in [1.807, 2.05) is 0 Å². The molecule has 1 nitrogen and oxygen atoms in total. The quantitative estimate of drug-likeness (QED) is 0.671. The second-order valence-electron chi connectivity index (χ2n) is 4.27. The van der Waals surface area contributed by atoms with E-state index in [0.29, 0.717) is 6.07 Å². The van der Waals surface area contributed by atoms with Gasteiger partial charge in [0.1, 0.15) is 11.6 Å². The van der Waals surface area contributed by atoms with Crippen LogP contribution in [0.5, 0.6) is 5.75 Å². The summed E-state index contributed by atoms with van der Waals surface area (Å²) in [5.41, 5.74) is -1.48. The Labute approximate surface area is 119 Å². The minimum atomic E-state index is -4.92. The van der Waals surface area contributed by atoms with Crippen LogP contribution in [-0.4, -0.2) is 6.36 Å². The highest BCUT2D eigenvalue weighted by atomic mass is 19.4. The molecule has 2 aromatic carbocycles. The van der Waals surface area contributed by atoms with Crippen LogP contribution in [-0.2, 0) is 6.18 Å². The molecule has 8 heteroatoms. The number of ether oxygens (including phenoxy) is 1. The van der Waals surface area contributed by atoms with Crippen LogP contribution in [0.4, 0.5) is 30.7 Å². The van der Waals surface area contributed by atoms with E-state index in [1.165, 1.54) is 12.1 Å². The maximum Gasteiger partial charge on any atom is 0.573 e. The SMILES string of the molecule is Fc1cc(C(F)(F)F)ccc1-c1cccc(OC(F)(F)F)c1. The Morgan fingerprint density at radius 3 is 2.05 bits per heavy atom. The van der Waals surface area contributed by atoms with Crippen molar-refractivity contribution in [2.24, 2.45) is 0 Å². The third-order valence-corrected chi connectivity index (χ3v) is 2.68. The first-order valence-corrected chi connectivity index (χ1v) is 5.79. The van der Waals surface area contributed by atoms with Gasteiger partial charge in [0, 0.05) is 5.56 Å². The third-order valence-electron chi connectivity index (χ3n) is 2.68. The Balaban J connectivity index is 2.38. The monoisotopic (exact) mass is 324 g/mol. The number of benzene rings is 2. The van der Waals surface area contributed by atoms with Crippen molar-refractivity contribution >= 4 is 0 Å². The molecule has 0 heterocycles. The predicted octanol–water partition coefficient (Wildman–Crippen LogP) is 5.41. The van der Waals surface area contributed by atoms with Crippen LogP contribution >= 0.6 is 0 Å². The van der Waals surface area contributed by atoms with Crippen LogP contribution in [0.15, 0.2) is 42.5 Å². The summed E-state index contributed by atoms with van der Waals surface area (Å²) in [7, 11) is 0. The van der Waals surface area contributed by atoms with E-state index in [4.69, 9.17) is 0 Å². The highest BCUT2D eigenvalue weighted by Gasteiger charge is 2.32. The molecule has 0 saturated carbocycles. The molecule has 2 rings (SSSR count). The van der Waals surface area contributed by atoms with Gasteiger partial charge in [-0.05, 0) is 29.8 Å². The maximum absolute atomic E-state index is 13.8. The van der Waals surface area contributed by atoms with E-state index in [0.717, 1.165) is 18.2 Å². The molecule has 22 heavy (non-hydrogen) atoms. The smallest absolute Gasteiger partial charge is 0.406 e. The summed E-state index contributed by atoms with van der Waals surface area (Å²) in [4.78, 5) is 0. The molecular formula is C14H7F7O. The molecule has 0 N–H and O–H groups in total. The zero-order valence-electron chi connectivity index (χ0n) is 10.6. The van der Waals surface area contributed by atoms with Crippen LogP contribution in [0, 0.1) is 5.82 Å². The maximum atomic E-state index is 13.8. The normalized spacial score (nSPS) is 12.3. The highest BCUT2D eigenvalue weighted by molar-refractivity contribution is 5.66. The Kier molecular flexibility index (Phi) is 4.04. The molecule has 0 aliphatic heterocycles. The summed E-state index contributed by atoms with van der Waals surface area (Å²) in [6.45, 7) is 0. The molecule has 0 radical (unpaired) electrons. The Morgan fingerprint density at radius 2 is 1.50 bits per heavy atom. The summed E-state index contributed by atoms with van der Waals surface area (Å²) < 4.78 is 91.1. The summed E-state index contributed by atoms with van der Waals surface area (Å²) in [5, 5.41) is 0. The van der Waals surface area contributed by atoms with Crippen LogP contribution in [0.25, 0.3) is 11.1 Å². The van der Waals surface area contributed by atoms with Gasteiger partial charge in [-0.2, -0.15) is 13.2 Å². The Bertz CT molecular complexity index is 674. The Hall–Kier alpha value is -2.25. The topological polar surface area (TPSA) is 9.23 Å². The molecule has 0 aliphatic rings. The van der Waals surface area contributed by atoms with Crippen molar-refractivity contribution in [3.8, 4) is 16.9 Å². The van der Waals surface area contributed by atoms with E-state index >= 15 is 0 Å². The first kappa shape index (κ1) is 16.1. The van der Waals surface area contributed by atoms with Gasteiger partial charge in [-0.1, -0.05) is 18.2 Å². The van der Waals surface area contributed by atoms with Gasteiger partial charge in [0.25, 0.3) is 0 Å². The van der Waals surface area contributed by atoms with Crippen molar-refractivity contribution in [3.63, 3.8) is 0 Å². The number of halogens is 7. The molecule has 2 aromatic rings. The van der Waals surface area contributed by atoms with E-state index in [1.54, 1.807) is 0 Å². The third kappa shape index (κ3) is 3.90. The van der Waals surface area contributed by atoms with Crippen molar-refractivity contribution in [2.45, 2.75) is 12.5 Å². The number of hydrogen-bond acceptors (Lipinski definition) is 1. The fourth-order valence-corrected chi connectivity index (χ4v) is 1.79. The summed E-state index contributed by atoms with van der Waals surface area (Å²) in [6.07, 6.45) is -9.63. The molecule has 0 unspecified atom stereocenters. The first-order chi connectivity index (χ1) is 10.1. The minimum Gasteiger partial charge on any atom is -0.406 e. The van der Waals surface area contributed by atoms with Gasteiger partial charge >= 0.3 is 12.5 Å². The lowest BCUT2D eigenvalue weighted by molar-refractivity contribution is -0.274. The molecule has 118 valence electrons. The lowest BCUT2D eigenvalue weighted by Crippen LogP contribution is -2.17. The van der Waals surface area contributed by atoms with Crippen molar-refractivity contribution in [1.82, 2.24) is 0 Å². The second-order valence-corrected chi connectivity index (χ2v) is 4.27. The lowest BCUT2D eigenvalue weighted by Gasteiger charge is -2.12. The van der Waals surface area contributed by atoms with E-state index in [9.17, 15) is 30.7 Å². The number of hydrogen-bond donors (Lipinski definition) is 0. The summed E-state index contributed by atoms with van der Waals surface area (Å²) >= 11 is 0. The van der Waals surface area contributed by atoms with Gasteiger partial charge in [-0.15, -0.1) is 13.2 Å². The van der Waals surface area contributed by atoms with Gasteiger partial charge in [-0.3, -0.25) is 0 Å². The van der Waals surface area contributed by atoms with Crippen LogP contribution in [0.2, 0.25) is 0 Å². The van der Waals surface area contributed by atoms with E-state index in [-0.39, 0.29) is 17.2 Å². The second kappa shape index (κ2) is 5.51. The molecule has 0 atom stereocenters. The van der Waals surface area contributed by atoms with Crippen molar-refractivity contribution < 1.29 is 35.5 Å². The summed E-state index contributed by atoms with van der Waals surface area (Å²) in [5.74, 6) is -1.79. The van der Waals surface area contributed by atoms with Crippen LogP contribution < -0.4 is 4.74 Å². The molecule has 0 aromatic heterocycles. The number of alkyl halides is 6. The van der Waals surface area contributed by atoms with Gasteiger partial charge in [-0.25, -0.2) is 4.39 Å². The molecular weight excluding hydrogens is 317 g/mol. The van der Waals surface area contributed by atoms with Crippen LogP contribution in [0.1, 0.15) is 5.56 Å². The lowest BCUT2D eigenvalue weighted by atomic mass is 10.0. The molecule has 0 amide bonds. The molecule has 0 aliphatic carbocycles. The van der Waals surface area contributed by atoms with Crippen molar-refractivity contribution in [3.05, 3.63) is 53.8 Å². The van der Waals surface area contributed by atoms with Gasteiger partial charge < -0.3 is 4.74 Å². The van der Waals surface area contributed by atoms with Gasteiger partial charge in [0.05, 0.1) is 5.56 Å². The highest BCUT2D eigenvalue weighted by Crippen LogP contribution is 2.34. The Morgan fingerprint density at radius 1 is 0.818 bits per heavy atom. The fourth-order valence-electron chi connectivity index (χ4n) is 1.79. The summed E-state index contributed by atoms with van der Waals surface area (Å²) in [6, 6.07) is 6.10. The fraction of sp³-hybridized carbons (Fsp3) is 0.143. The number of rotatable bonds is 2. The molecule has 0 spiro atoms. The van der Waals surface area contributed by atoms with Crippen molar-refractivity contribution in [1.29, 1.82) is 0 Å². The van der Waals surface area contributed by atoms with Gasteiger partial charge in [0.15, 0.2) is 0 Å². The average Bonchev–Trinajstić information content (AvgIpc) is 2.35.